The van der Waals surface area contributed by atoms with Crippen molar-refractivity contribution in [1.82, 2.24) is 10.6 Å². The summed E-state index contributed by atoms with van der Waals surface area (Å²) in [5.41, 5.74) is 8.43. The number of carbonyl (C=O) groups excluding carboxylic acids is 2. The number of ether oxygens (including phenoxy) is 1. The van der Waals surface area contributed by atoms with Gasteiger partial charge in [0.2, 0.25) is 0 Å². The number of primary amides is 1. The Bertz CT molecular complexity index is 1190. The Morgan fingerprint density at radius 1 is 0.906 bits per heavy atom. The molecule has 4 N–H and O–H groups in total. The minimum Gasteiger partial charge on any atom is -0.483 e. The zero-order valence-corrected chi connectivity index (χ0v) is 17.9. The van der Waals surface area contributed by atoms with Crippen LogP contribution >= 0.6 is 12.2 Å². The van der Waals surface area contributed by atoms with E-state index in [9.17, 15) is 9.59 Å². The molecule has 3 aromatic carbocycles. The summed E-state index contributed by atoms with van der Waals surface area (Å²) in [7, 11) is 0. The second-order valence-corrected chi connectivity index (χ2v) is 7.58. The molecule has 0 aromatic heterocycles. The lowest BCUT2D eigenvalue weighted by Crippen LogP contribution is -2.45. The largest absolute Gasteiger partial charge is 0.483 e. The molecule has 7 heteroatoms. The SMILES string of the molecule is NC(=O)COc1ccccc1[C@@H]1NC(=S)NC(c2ccccc2)=C1C(=O)c1ccccc1. The van der Waals surface area contributed by atoms with Crippen molar-refractivity contribution < 1.29 is 14.3 Å². The van der Waals surface area contributed by atoms with Crippen LogP contribution in [0.2, 0.25) is 0 Å². The highest BCUT2D eigenvalue weighted by Gasteiger charge is 2.34. The van der Waals surface area contributed by atoms with Crippen LogP contribution in [-0.2, 0) is 4.79 Å². The van der Waals surface area contributed by atoms with E-state index in [0.717, 1.165) is 5.56 Å². The molecular weight excluding hydrogens is 422 g/mol. The van der Waals surface area contributed by atoms with Gasteiger partial charge in [-0.2, -0.15) is 0 Å². The van der Waals surface area contributed by atoms with E-state index < -0.39 is 11.9 Å². The first-order chi connectivity index (χ1) is 15.5. The van der Waals surface area contributed by atoms with Gasteiger partial charge in [0.1, 0.15) is 5.75 Å². The first-order valence-electron chi connectivity index (χ1n) is 10.0. The molecule has 3 aromatic rings. The van der Waals surface area contributed by atoms with Crippen molar-refractivity contribution in [3.63, 3.8) is 0 Å². The molecule has 0 bridgehead atoms. The lowest BCUT2D eigenvalue weighted by atomic mass is 9.87. The molecule has 1 aliphatic heterocycles. The predicted octanol–water partition coefficient (Wildman–Crippen LogP) is 3.36. The van der Waals surface area contributed by atoms with Gasteiger partial charge in [0.25, 0.3) is 5.91 Å². The Morgan fingerprint density at radius 3 is 2.22 bits per heavy atom. The van der Waals surface area contributed by atoms with Crippen molar-refractivity contribution >= 4 is 34.7 Å². The highest BCUT2D eigenvalue weighted by Crippen LogP contribution is 2.37. The summed E-state index contributed by atoms with van der Waals surface area (Å²) in [5.74, 6) is -0.296. The average Bonchev–Trinajstić information content (AvgIpc) is 2.83. The van der Waals surface area contributed by atoms with Crippen LogP contribution in [0.15, 0.2) is 90.5 Å². The maximum atomic E-state index is 13.8. The third kappa shape index (κ3) is 4.53. The van der Waals surface area contributed by atoms with Crippen LogP contribution in [0.25, 0.3) is 5.70 Å². The molecule has 32 heavy (non-hydrogen) atoms. The first-order valence-corrected chi connectivity index (χ1v) is 10.4. The van der Waals surface area contributed by atoms with Gasteiger partial charge in [-0.05, 0) is 23.8 Å². The highest BCUT2D eigenvalue weighted by atomic mass is 32.1. The summed E-state index contributed by atoms with van der Waals surface area (Å²) >= 11 is 5.48. The third-order valence-corrected chi connectivity index (χ3v) is 5.23. The van der Waals surface area contributed by atoms with E-state index in [1.165, 1.54) is 0 Å². The Labute approximate surface area is 191 Å². The van der Waals surface area contributed by atoms with Crippen LogP contribution in [-0.4, -0.2) is 23.4 Å². The quantitative estimate of drug-likeness (QED) is 0.383. The number of para-hydroxylation sites is 1. The Kier molecular flexibility index (Phi) is 6.28. The molecule has 4 rings (SSSR count). The highest BCUT2D eigenvalue weighted by molar-refractivity contribution is 7.80. The van der Waals surface area contributed by atoms with Crippen molar-refractivity contribution in [2.45, 2.75) is 6.04 Å². The monoisotopic (exact) mass is 443 g/mol. The lowest BCUT2D eigenvalue weighted by Gasteiger charge is -2.32. The molecule has 0 aliphatic carbocycles. The van der Waals surface area contributed by atoms with Gasteiger partial charge in [0, 0.05) is 11.1 Å². The number of hydrogen-bond acceptors (Lipinski definition) is 4. The van der Waals surface area contributed by atoms with E-state index in [1.54, 1.807) is 24.3 Å². The van der Waals surface area contributed by atoms with Crippen LogP contribution in [0.4, 0.5) is 0 Å². The van der Waals surface area contributed by atoms with Crippen molar-refractivity contribution in [3.05, 3.63) is 107 Å². The Morgan fingerprint density at radius 2 is 1.53 bits per heavy atom. The summed E-state index contributed by atoms with van der Waals surface area (Å²) in [6, 6.07) is 25.2. The number of nitrogens with two attached hydrogens (primary N) is 1. The fourth-order valence-electron chi connectivity index (χ4n) is 3.62. The zero-order valence-electron chi connectivity index (χ0n) is 17.1. The number of hydrogen-bond donors (Lipinski definition) is 3. The summed E-state index contributed by atoms with van der Waals surface area (Å²) in [4.78, 5) is 25.0. The molecule has 1 heterocycles. The van der Waals surface area contributed by atoms with E-state index in [-0.39, 0.29) is 12.4 Å². The van der Waals surface area contributed by atoms with Gasteiger partial charge in [0.15, 0.2) is 17.5 Å². The molecule has 1 aliphatic rings. The number of amides is 1. The number of thiocarbonyl (C=S) groups is 1. The first kappa shape index (κ1) is 21.3. The molecule has 0 unspecified atom stereocenters. The maximum absolute atomic E-state index is 13.8. The van der Waals surface area contributed by atoms with E-state index in [1.807, 2.05) is 60.7 Å². The molecule has 6 nitrogen and oxygen atoms in total. The molecular formula is C25H21N3O3S. The van der Waals surface area contributed by atoms with Crippen LogP contribution in [0.5, 0.6) is 5.75 Å². The fraction of sp³-hybridized carbons (Fsp3) is 0.0800. The topological polar surface area (TPSA) is 93.5 Å². The minimum atomic E-state index is -0.601. The minimum absolute atomic E-state index is 0.151. The molecule has 0 fully saturated rings. The molecule has 1 amide bonds. The van der Waals surface area contributed by atoms with E-state index in [2.05, 4.69) is 10.6 Å². The molecule has 0 spiro atoms. The number of benzene rings is 3. The van der Waals surface area contributed by atoms with E-state index in [4.69, 9.17) is 22.7 Å². The number of Topliss-reactive ketones (excluding diaryl/α,β-unsaturated/α-hetero) is 1. The van der Waals surface area contributed by atoms with Gasteiger partial charge in [-0.25, -0.2) is 0 Å². The van der Waals surface area contributed by atoms with Crippen LogP contribution in [0.1, 0.15) is 27.5 Å². The molecule has 160 valence electrons. The zero-order chi connectivity index (χ0) is 22.5. The number of nitrogens with one attached hydrogen (secondary N) is 2. The second-order valence-electron chi connectivity index (χ2n) is 7.17. The number of ketones is 1. The maximum Gasteiger partial charge on any atom is 0.255 e. The Hall–Kier alpha value is -3.97. The molecule has 0 radical (unpaired) electrons. The standard InChI is InChI=1S/C25H21N3O3S/c26-20(29)15-31-19-14-8-7-13-18(19)23-21(24(30)17-11-5-2-6-12-17)22(27-25(32)28-23)16-9-3-1-4-10-16/h1-14,23H,15H2,(H2,26,29)(H2,27,28,32)/t23-/m0/s1. The van der Waals surface area contributed by atoms with Gasteiger partial charge in [-0.1, -0.05) is 78.9 Å². The third-order valence-electron chi connectivity index (χ3n) is 5.01. The van der Waals surface area contributed by atoms with Crippen LogP contribution in [0, 0.1) is 0 Å². The molecule has 1 atom stereocenters. The van der Waals surface area contributed by atoms with E-state index in [0.29, 0.717) is 33.3 Å². The van der Waals surface area contributed by atoms with Gasteiger partial charge < -0.3 is 21.1 Å². The fourth-order valence-corrected chi connectivity index (χ4v) is 3.84. The van der Waals surface area contributed by atoms with Gasteiger partial charge in [-0.3, -0.25) is 9.59 Å². The molecule has 0 saturated carbocycles. The van der Waals surface area contributed by atoms with Crippen molar-refractivity contribution in [1.29, 1.82) is 0 Å². The predicted molar refractivity (Wildman–Crippen MR) is 127 cm³/mol. The lowest BCUT2D eigenvalue weighted by molar-refractivity contribution is -0.119. The average molecular weight is 444 g/mol. The second kappa shape index (κ2) is 9.45. The van der Waals surface area contributed by atoms with Crippen molar-refractivity contribution in [2.24, 2.45) is 5.73 Å². The molecule has 0 saturated heterocycles. The number of rotatable bonds is 7. The summed E-state index contributed by atoms with van der Waals surface area (Å²) in [6.45, 7) is -0.274. The van der Waals surface area contributed by atoms with Gasteiger partial charge >= 0.3 is 0 Å². The Balaban J connectivity index is 1.90. The van der Waals surface area contributed by atoms with Gasteiger partial charge in [0.05, 0.1) is 17.3 Å². The number of carbonyl (C=O) groups is 2. The van der Waals surface area contributed by atoms with Crippen molar-refractivity contribution in [3.8, 4) is 5.75 Å². The van der Waals surface area contributed by atoms with Crippen molar-refractivity contribution in [2.75, 3.05) is 6.61 Å². The summed E-state index contributed by atoms with van der Waals surface area (Å²) in [5, 5.41) is 6.75. The smallest absolute Gasteiger partial charge is 0.255 e. The van der Waals surface area contributed by atoms with Crippen LogP contribution in [0.3, 0.4) is 0 Å². The summed E-state index contributed by atoms with van der Waals surface area (Å²) < 4.78 is 5.65. The van der Waals surface area contributed by atoms with Gasteiger partial charge in [-0.15, -0.1) is 0 Å². The summed E-state index contributed by atoms with van der Waals surface area (Å²) in [6.07, 6.45) is 0. The van der Waals surface area contributed by atoms with Crippen LogP contribution < -0.4 is 21.1 Å². The normalized spacial score (nSPS) is 15.5. The van der Waals surface area contributed by atoms with E-state index >= 15 is 0 Å².